The average Bonchev–Trinajstić information content (AvgIpc) is 2.84. The first-order valence-corrected chi connectivity index (χ1v) is 5.48. The number of ether oxygens (including phenoxy) is 1. The number of rotatable bonds is 3. The van der Waals surface area contributed by atoms with Gasteiger partial charge in [0.05, 0.1) is 0 Å². The number of benzene rings is 1. The highest BCUT2D eigenvalue weighted by Crippen LogP contribution is 2.14. The molecule has 0 bridgehead atoms. The van der Waals surface area contributed by atoms with Gasteiger partial charge in [0.25, 0.3) is 0 Å². The summed E-state index contributed by atoms with van der Waals surface area (Å²) >= 11 is 0. The molecule has 1 N–H and O–H groups in total. The molecular weight excluding hydrogens is 232 g/mol. The lowest BCUT2D eigenvalue weighted by Gasteiger charge is -2.08. The lowest BCUT2D eigenvalue weighted by molar-refractivity contribution is 0.121. The van der Waals surface area contributed by atoms with Gasteiger partial charge < -0.3 is 4.74 Å². The summed E-state index contributed by atoms with van der Waals surface area (Å²) in [5.41, 5.74) is 3.00. The Morgan fingerprint density at radius 3 is 2.89 bits per heavy atom. The summed E-state index contributed by atoms with van der Waals surface area (Å²) < 4.78 is 6.39. The van der Waals surface area contributed by atoms with E-state index < -0.39 is 6.09 Å². The molecule has 0 aliphatic carbocycles. The number of aromatic nitrogens is 3. The van der Waals surface area contributed by atoms with Gasteiger partial charge in [0.15, 0.2) is 6.73 Å². The first-order valence-electron chi connectivity index (χ1n) is 5.48. The predicted molar refractivity (Wildman–Crippen MR) is 66.0 cm³/mol. The van der Waals surface area contributed by atoms with E-state index in [0.29, 0.717) is 5.69 Å². The summed E-state index contributed by atoms with van der Waals surface area (Å²) in [6.07, 6.45) is 2.34. The summed E-state index contributed by atoms with van der Waals surface area (Å²) in [6.45, 7) is 4.04. The molecule has 2 aromatic rings. The zero-order valence-electron chi connectivity index (χ0n) is 10.3. The van der Waals surface area contributed by atoms with Gasteiger partial charge in [-0.3, -0.25) is 5.32 Å². The van der Waals surface area contributed by atoms with E-state index in [4.69, 9.17) is 4.74 Å². The maximum Gasteiger partial charge on any atom is 0.413 e. The van der Waals surface area contributed by atoms with E-state index in [-0.39, 0.29) is 6.73 Å². The highest BCUT2D eigenvalue weighted by atomic mass is 16.6. The van der Waals surface area contributed by atoms with Crippen molar-refractivity contribution in [3.05, 3.63) is 42.0 Å². The molecular formula is C12H14N4O2. The topological polar surface area (TPSA) is 69.0 Å². The Hall–Kier alpha value is -2.37. The summed E-state index contributed by atoms with van der Waals surface area (Å²) in [6, 6.07) is 5.67. The van der Waals surface area contributed by atoms with E-state index in [1.807, 2.05) is 32.0 Å². The minimum absolute atomic E-state index is 0.0384. The molecule has 94 valence electrons. The predicted octanol–water partition coefficient (Wildman–Crippen LogP) is 2.10. The van der Waals surface area contributed by atoms with Crippen LogP contribution in [0.25, 0.3) is 0 Å². The van der Waals surface area contributed by atoms with Crippen LogP contribution in [-0.2, 0) is 11.5 Å². The highest BCUT2D eigenvalue weighted by molar-refractivity contribution is 5.84. The Bertz CT molecular complexity index is 537. The van der Waals surface area contributed by atoms with Crippen molar-refractivity contribution < 1.29 is 9.53 Å². The van der Waals surface area contributed by atoms with Gasteiger partial charge in [-0.2, -0.15) is 5.10 Å². The van der Waals surface area contributed by atoms with Crippen molar-refractivity contribution in [3.63, 3.8) is 0 Å². The molecule has 0 unspecified atom stereocenters. The Labute approximate surface area is 105 Å². The number of hydrogen-bond acceptors (Lipinski definition) is 4. The first kappa shape index (κ1) is 12.1. The van der Waals surface area contributed by atoms with Crippen LogP contribution in [0.15, 0.2) is 30.9 Å². The zero-order chi connectivity index (χ0) is 13.0. The minimum atomic E-state index is -0.520. The van der Waals surface area contributed by atoms with Crippen LogP contribution >= 0.6 is 0 Å². The average molecular weight is 246 g/mol. The number of hydrogen-bond donors (Lipinski definition) is 1. The third-order valence-electron chi connectivity index (χ3n) is 2.55. The van der Waals surface area contributed by atoms with E-state index in [1.54, 1.807) is 0 Å². The fraction of sp³-hybridized carbons (Fsp3) is 0.250. The second-order valence-corrected chi connectivity index (χ2v) is 3.92. The second kappa shape index (κ2) is 5.31. The molecule has 0 spiro atoms. The molecule has 6 nitrogen and oxygen atoms in total. The standard InChI is InChI=1S/C12H14N4O2/c1-9-3-4-11(5-10(9)2)15-12(17)18-8-16-7-13-6-14-16/h3-7H,8H2,1-2H3,(H,15,17). The number of amides is 1. The van der Waals surface area contributed by atoms with Crippen molar-refractivity contribution >= 4 is 11.8 Å². The molecule has 0 saturated heterocycles. The largest absolute Gasteiger partial charge is 0.426 e. The molecule has 18 heavy (non-hydrogen) atoms. The van der Waals surface area contributed by atoms with Gasteiger partial charge in [0.1, 0.15) is 12.7 Å². The fourth-order valence-electron chi connectivity index (χ4n) is 1.40. The van der Waals surface area contributed by atoms with Crippen LogP contribution in [-0.4, -0.2) is 20.9 Å². The Kier molecular flexibility index (Phi) is 3.57. The number of carbonyl (C=O) groups is 1. The lowest BCUT2D eigenvalue weighted by Crippen LogP contribution is -2.16. The van der Waals surface area contributed by atoms with Gasteiger partial charge in [0, 0.05) is 5.69 Å². The van der Waals surface area contributed by atoms with Crippen LogP contribution in [0.4, 0.5) is 10.5 Å². The maximum atomic E-state index is 11.5. The van der Waals surface area contributed by atoms with E-state index in [9.17, 15) is 4.79 Å². The number of aryl methyl sites for hydroxylation is 2. The highest BCUT2D eigenvalue weighted by Gasteiger charge is 2.04. The van der Waals surface area contributed by atoms with Gasteiger partial charge in [-0.05, 0) is 37.1 Å². The quantitative estimate of drug-likeness (QED) is 0.900. The monoisotopic (exact) mass is 246 g/mol. The number of anilines is 1. The molecule has 1 heterocycles. The van der Waals surface area contributed by atoms with E-state index in [2.05, 4.69) is 15.4 Å². The fourth-order valence-corrected chi connectivity index (χ4v) is 1.40. The molecule has 0 aliphatic rings. The molecule has 0 atom stereocenters. The summed E-state index contributed by atoms with van der Waals surface area (Å²) in [7, 11) is 0. The van der Waals surface area contributed by atoms with Gasteiger partial charge in [-0.1, -0.05) is 6.07 Å². The molecule has 1 amide bonds. The molecule has 0 aliphatic heterocycles. The van der Waals surface area contributed by atoms with Crippen molar-refractivity contribution in [1.82, 2.24) is 14.8 Å². The Balaban J connectivity index is 1.88. The van der Waals surface area contributed by atoms with Crippen molar-refractivity contribution in [2.75, 3.05) is 5.32 Å². The first-order chi connectivity index (χ1) is 8.65. The third kappa shape index (κ3) is 3.07. The Morgan fingerprint density at radius 1 is 1.39 bits per heavy atom. The summed E-state index contributed by atoms with van der Waals surface area (Å²) in [5.74, 6) is 0. The smallest absolute Gasteiger partial charge is 0.413 e. The van der Waals surface area contributed by atoms with Crippen molar-refractivity contribution in [2.24, 2.45) is 0 Å². The zero-order valence-corrected chi connectivity index (χ0v) is 10.3. The van der Waals surface area contributed by atoms with Crippen molar-refractivity contribution in [3.8, 4) is 0 Å². The van der Waals surface area contributed by atoms with Crippen LogP contribution in [0.2, 0.25) is 0 Å². The van der Waals surface area contributed by atoms with E-state index in [0.717, 1.165) is 5.56 Å². The van der Waals surface area contributed by atoms with Gasteiger partial charge >= 0.3 is 6.09 Å². The summed E-state index contributed by atoms with van der Waals surface area (Å²) in [4.78, 5) is 15.3. The van der Waals surface area contributed by atoms with Crippen molar-refractivity contribution in [2.45, 2.75) is 20.6 Å². The van der Waals surface area contributed by atoms with Crippen LogP contribution in [0, 0.1) is 13.8 Å². The molecule has 1 aromatic heterocycles. The van der Waals surface area contributed by atoms with Gasteiger partial charge in [0.2, 0.25) is 0 Å². The number of nitrogens with one attached hydrogen (secondary N) is 1. The van der Waals surface area contributed by atoms with E-state index >= 15 is 0 Å². The van der Waals surface area contributed by atoms with Crippen LogP contribution in [0.3, 0.4) is 0 Å². The van der Waals surface area contributed by atoms with Gasteiger partial charge in [-0.15, -0.1) is 0 Å². The summed E-state index contributed by atoms with van der Waals surface area (Å²) in [5, 5.41) is 6.47. The SMILES string of the molecule is Cc1ccc(NC(=O)OCn2cncn2)cc1C. The molecule has 1 aromatic carbocycles. The van der Waals surface area contributed by atoms with Crippen molar-refractivity contribution in [1.29, 1.82) is 0 Å². The molecule has 0 radical (unpaired) electrons. The van der Waals surface area contributed by atoms with Crippen LogP contribution < -0.4 is 5.32 Å². The third-order valence-corrected chi connectivity index (χ3v) is 2.55. The normalized spacial score (nSPS) is 10.1. The molecule has 2 rings (SSSR count). The number of carbonyl (C=O) groups excluding carboxylic acids is 1. The Morgan fingerprint density at radius 2 is 2.22 bits per heavy atom. The van der Waals surface area contributed by atoms with Crippen LogP contribution in [0.1, 0.15) is 11.1 Å². The minimum Gasteiger partial charge on any atom is -0.426 e. The second-order valence-electron chi connectivity index (χ2n) is 3.92. The van der Waals surface area contributed by atoms with Crippen LogP contribution in [0.5, 0.6) is 0 Å². The maximum absolute atomic E-state index is 11.5. The number of nitrogens with zero attached hydrogens (tertiary/aromatic N) is 3. The molecule has 0 fully saturated rings. The van der Waals surface area contributed by atoms with Gasteiger partial charge in [-0.25, -0.2) is 14.5 Å². The molecule has 6 heteroatoms. The molecule has 0 saturated carbocycles. The lowest BCUT2D eigenvalue weighted by atomic mass is 10.1. The van der Waals surface area contributed by atoms with E-state index in [1.165, 1.54) is 22.9 Å².